The lowest BCUT2D eigenvalue weighted by Crippen LogP contribution is -2.39. The van der Waals surface area contributed by atoms with Crippen molar-refractivity contribution in [2.45, 2.75) is 45.4 Å². The molecule has 0 aliphatic heterocycles. The highest BCUT2D eigenvalue weighted by atomic mass is 16.5. The Balaban J connectivity index is 2.36. The molecule has 114 valence electrons. The average Bonchev–Trinajstić information content (AvgIpc) is 2.47. The fourth-order valence-corrected chi connectivity index (χ4v) is 2.36. The maximum atomic E-state index is 10.0. The van der Waals surface area contributed by atoms with Gasteiger partial charge in [0.2, 0.25) is 0 Å². The standard InChI is InChI=1S/C16H28N2O2/c1-4-14(5-2)18(3)11-15(19)12-20-16-8-6-13(10-17)7-9-16/h6-9,14-15,19H,4-5,10-12,17H2,1-3H3. The topological polar surface area (TPSA) is 58.7 Å². The number of nitrogens with two attached hydrogens (primary N) is 1. The minimum absolute atomic E-state index is 0.312. The Morgan fingerprint density at radius 3 is 2.30 bits per heavy atom. The van der Waals surface area contributed by atoms with Crippen molar-refractivity contribution in [3.63, 3.8) is 0 Å². The van der Waals surface area contributed by atoms with Gasteiger partial charge in [0.15, 0.2) is 0 Å². The van der Waals surface area contributed by atoms with Gasteiger partial charge in [-0.15, -0.1) is 0 Å². The summed E-state index contributed by atoms with van der Waals surface area (Å²) in [6.45, 7) is 5.82. The second-order valence-electron chi connectivity index (χ2n) is 5.22. The van der Waals surface area contributed by atoms with E-state index in [1.54, 1.807) is 0 Å². The predicted molar refractivity (Wildman–Crippen MR) is 82.8 cm³/mol. The van der Waals surface area contributed by atoms with Gasteiger partial charge in [-0.2, -0.15) is 0 Å². The van der Waals surface area contributed by atoms with Crippen LogP contribution >= 0.6 is 0 Å². The van der Waals surface area contributed by atoms with E-state index in [2.05, 4.69) is 25.8 Å². The zero-order valence-electron chi connectivity index (χ0n) is 12.9. The molecule has 1 unspecified atom stereocenters. The molecule has 4 heteroatoms. The van der Waals surface area contributed by atoms with Crippen molar-refractivity contribution in [3.05, 3.63) is 29.8 Å². The SMILES string of the molecule is CCC(CC)N(C)CC(O)COc1ccc(CN)cc1. The number of aliphatic hydroxyl groups is 1. The van der Waals surface area contributed by atoms with E-state index in [0.29, 0.717) is 25.7 Å². The fourth-order valence-electron chi connectivity index (χ4n) is 2.36. The van der Waals surface area contributed by atoms with Crippen LogP contribution in [0.3, 0.4) is 0 Å². The largest absolute Gasteiger partial charge is 0.491 e. The predicted octanol–water partition coefficient (Wildman–Crippen LogP) is 2.01. The zero-order chi connectivity index (χ0) is 15.0. The summed E-state index contributed by atoms with van der Waals surface area (Å²) in [6, 6.07) is 8.18. The van der Waals surface area contributed by atoms with Crippen LogP contribution in [0.15, 0.2) is 24.3 Å². The van der Waals surface area contributed by atoms with Gasteiger partial charge in [-0.1, -0.05) is 26.0 Å². The highest BCUT2D eigenvalue weighted by Gasteiger charge is 2.15. The average molecular weight is 280 g/mol. The third-order valence-electron chi connectivity index (χ3n) is 3.67. The zero-order valence-corrected chi connectivity index (χ0v) is 12.9. The first kappa shape index (κ1) is 17.0. The van der Waals surface area contributed by atoms with Crippen LogP contribution < -0.4 is 10.5 Å². The van der Waals surface area contributed by atoms with E-state index in [1.165, 1.54) is 0 Å². The summed E-state index contributed by atoms with van der Waals surface area (Å²) >= 11 is 0. The molecule has 0 heterocycles. The third kappa shape index (κ3) is 5.49. The molecular weight excluding hydrogens is 252 g/mol. The van der Waals surface area contributed by atoms with Crippen LogP contribution in [0.4, 0.5) is 0 Å². The Labute approximate surface area is 122 Å². The van der Waals surface area contributed by atoms with Gasteiger partial charge in [-0.3, -0.25) is 0 Å². The summed E-state index contributed by atoms with van der Waals surface area (Å²) in [5, 5.41) is 10.0. The quantitative estimate of drug-likeness (QED) is 0.726. The summed E-state index contributed by atoms with van der Waals surface area (Å²) in [7, 11) is 2.05. The summed E-state index contributed by atoms with van der Waals surface area (Å²) in [5.41, 5.74) is 6.62. The number of nitrogens with zero attached hydrogens (tertiary/aromatic N) is 1. The van der Waals surface area contributed by atoms with E-state index >= 15 is 0 Å². The van der Waals surface area contributed by atoms with E-state index in [0.717, 1.165) is 24.2 Å². The molecule has 1 aromatic carbocycles. The minimum atomic E-state index is -0.477. The van der Waals surface area contributed by atoms with Crippen molar-refractivity contribution >= 4 is 0 Å². The normalized spacial score (nSPS) is 12.9. The highest BCUT2D eigenvalue weighted by Crippen LogP contribution is 2.12. The van der Waals surface area contributed by atoms with Gasteiger partial charge in [0, 0.05) is 19.1 Å². The van der Waals surface area contributed by atoms with Crippen molar-refractivity contribution in [2.75, 3.05) is 20.2 Å². The minimum Gasteiger partial charge on any atom is -0.491 e. The van der Waals surface area contributed by atoms with Gasteiger partial charge >= 0.3 is 0 Å². The van der Waals surface area contributed by atoms with Crippen molar-refractivity contribution < 1.29 is 9.84 Å². The van der Waals surface area contributed by atoms with Crippen LogP contribution in [0.25, 0.3) is 0 Å². The number of aliphatic hydroxyl groups excluding tert-OH is 1. The maximum Gasteiger partial charge on any atom is 0.119 e. The van der Waals surface area contributed by atoms with Gasteiger partial charge < -0.3 is 20.5 Å². The molecule has 0 aliphatic rings. The number of hydrogen-bond donors (Lipinski definition) is 2. The molecule has 1 atom stereocenters. The van der Waals surface area contributed by atoms with Gasteiger partial charge in [-0.25, -0.2) is 0 Å². The number of ether oxygens (including phenoxy) is 1. The molecule has 0 spiro atoms. The smallest absolute Gasteiger partial charge is 0.119 e. The first-order chi connectivity index (χ1) is 9.60. The first-order valence-electron chi connectivity index (χ1n) is 7.40. The summed E-state index contributed by atoms with van der Waals surface area (Å²) in [6.07, 6.45) is 1.72. The molecular formula is C16H28N2O2. The summed E-state index contributed by atoms with van der Waals surface area (Å²) in [5.74, 6) is 0.770. The van der Waals surface area contributed by atoms with Crippen LogP contribution in [0.1, 0.15) is 32.3 Å². The van der Waals surface area contributed by atoms with E-state index in [9.17, 15) is 5.11 Å². The second kappa shape index (κ2) is 8.95. The second-order valence-corrected chi connectivity index (χ2v) is 5.22. The molecule has 0 aromatic heterocycles. The van der Waals surface area contributed by atoms with Crippen molar-refractivity contribution in [1.82, 2.24) is 4.90 Å². The van der Waals surface area contributed by atoms with E-state index < -0.39 is 6.10 Å². The molecule has 1 rings (SSSR count). The fraction of sp³-hybridized carbons (Fsp3) is 0.625. The number of likely N-dealkylation sites (N-methyl/N-ethyl adjacent to an activating group) is 1. The first-order valence-corrected chi connectivity index (χ1v) is 7.40. The number of hydrogen-bond acceptors (Lipinski definition) is 4. The summed E-state index contributed by atoms with van der Waals surface area (Å²) < 4.78 is 5.60. The number of rotatable bonds is 9. The Hall–Kier alpha value is -1.10. The van der Waals surface area contributed by atoms with Crippen LogP contribution in [0.5, 0.6) is 5.75 Å². The van der Waals surface area contributed by atoms with Crippen molar-refractivity contribution in [3.8, 4) is 5.75 Å². The lowest BCUT2D eigenvalue weighted by Gasteiger charge is -2.28. The van der Waals surface area contributed by atoms with Crippen molar-refractivity contribution in [2.24, 2.45) is 5.73 Å². The molecule has 20 heavy (non-hydrogen) atoms. The van der Waals surface area contributed by atoms with Gasteiger partial charge in [-0.05, 0) is 37.6 Å². The third-order valence-corrected chi connectivity index (χ3v) is 3.67. The molecule has 0 aliphatic carbocycles. The van der Waals surface area contributed by atoms with Gasteiger partial charge in [0.1, 0.15) is 18.5 Å². The molecule has 3 N–H and O–H groups in total. The lowest BCUT2D eigenvalue weighted by atomic mass is 10.1. The molecule has 0 fully saturated rings. The van der Waals surface area contributed by atoms with E-state index in [-0.39, 0.29) is 0 Å². The van der Waals surface area contributed by atoms with Gasteiger partial charge in [0.05, 0.1) is 0 Å². The Morgan fingerprint density at radius 2 is 1.80 bits per heavy atom. The Bertz CT molecular complexity index is 363. The maximum absolute atomic E-state index is 10.0. The molecule has 0 amide bonds. The molecule has 0 saturated heterocycles. The molecule has 0 radical (unpaired) electrons. The molecule has 4 nitrogen and oxygen atoms in total. The van der Waals surface area contributed by atoms with Crippen LogP contribution in [-0.4, -0.2) is 42.4 Å². The number of benzene rings is 1. The monoisotopic (exact) mass is 280 g/mol. The molecule has 0 bridgehead atoms. The summed E-state index contributed by atoms with van der Waals surface area (Å²) in [4.78, 5) is 2.20. The van der Waals surface area contributed by atoms with Crippen molar-refractivity contribution in [1.29, 1.82) is 0 Å². The van der Waals surface area contributed by atoms with E-state index in [4.69, 9.17) is 10.5 Å². The van der Waals surface area contributed by atoms with E-state index in [1.807, 2.05) is 24.3 Å². The Kier molecular flexibility index (Phi) is 7.59. The van der Waals surface area contributed by atoms with Crippen LogP contribution in [0.2, 0.25) is 0 Å². The van der Waals surface area contributed by atoms with Gasteiger partial charge in [0.25, 0.3) is 0 Å². The molecule has 0 saturated carbocycles. The highest BCUT2D eigenvalue weighted by molar-refractivity contribution is 5.27. The Morgan fingerprint density at radius 1 is 1.20 bits per heavy atom. The van der Waals surface area contributed by atoms with Crippen LogP contribution in [0, 0.1) is 0 Å². The van der Waals surface area contributed by atoms with Crippen LogP contribution in [-0.2, 0) is 6.54 Å². The lowest BCUT2D eigenvalue weighted by molar-refractivity contribution is 0.0616. The molecule has 1 aromatic rings.